The first-order valence-corrected chi connectivity index (χ1v) is 7.96. The predicted octanol–water partition coefficient (Wildman–Crippen LogP) is 1.73. The Morgan fingerprint density at radius 1 is 1.36 bits per heavy atom. The topological polar surface area (TPSA) is 69.0 Å². The second-order valence-corrected chi connectivity index (χ2v) is 5.89. The van der Waals surface area contributed by atoms with E-state index in [4.69, 9.17) is 4.74 Å². The van der Waals surface area contributed by atoms with Crippen LogP contribution in [0.25, 0.3) is 11.4 Å². The Bertz CT molecular complexity index is 615. The fourth-order valence-corrected chi connectivity index (χ4v) is 2.74. The highest BCUT2D eigenvalue weighted by Crippen LogP contribution is 2.22. The van der Waals surface area contributed by atoms with Crippen LogP contribution in [-0.4, -0.2) is 46.2 Å². The minimum Gasteiger partial charge on any atom is -0.383 e. The van der Waals surface area contributed by atoms with E-state index in [1.165, 1.54) is 11.8 Å². The summed E-state index contributed by atoms with van der Waals surface area (Å²) < 4.78 is 6.89. The Balaban J connectivity index is 1.95. The lowest BCUT2D eigenvalue weighted by Crippen LogP contribution is -2.36. The molecule has 118 valence electrons. The highest BCUT2D eigenvalue weighted by atomic mass is 32.2. The molecule has 6 nitrogen and oxygen atoms in total. The van der Waals surface area contributed by atoms with Gasteiger partial charge in [-0.15, -0.1) is 10.2 Å². The molecule has 0 aliphatic rings. The smallest absolute Gasteiger partial charge is 0.230 e. The number of aromatic nitrogens is 3. The molecule has 7 heteroatoms. The summed E-state index contributed by atoms with van der Waals surface area (Å²) in [4.78, 5) is 11.8. The van der Waals surface area contributed by atoms with E-state index < -0.39 is 0 Å². The molecule has 1 atom stereocenters. The minimum atomic E-state index is -0.0428. The number of rotatable bonds is 7. The first-order chi connectivity index (χ1) is 10.6. The molecule has 2 rings (SSSR count). The fraction of sp³-hybridized carbons (Fsp3) is 0.400. The average Bonchev–Trinajstić information content (AvgIpc) is 2.87. The summed E-state index contributed by atoms with van der Waals surface area (Å²) in [5.41, 5.74) is 1.00. The van der Waals surface area contributed by atoms with Gasteiger partial charge in [-0.05, 0) is 6.92 Å². The lowest BCUT2D eigenvalue weighted by molar-refractivity contribution is -0.119. The largest absolute Gasteiger partial charge is 0.383 e. The van der Waals surface area contributed by atoms with Crippen LogP contribution in [0.2, 0.25) is 0 Å². The summed E-state index contributed by atoms with van der Waals surface area (Å²) in [5.74, 6) is 1.05. The van der Waals surface area contributed by atoms with Gasteiger partial charge in [0.2, 0.25) is 5.91 Å². The predicted molar refractivity (Wildman–Crippen MR) is 86.6 cm³/mol. The third-order valence-corrected chi connectivity index (χ3v) is 4.04. The van der Waals surface area contributed by atoms with Crippen LogP contribution >= 0.6 is 11.8 Å². The molecule has 2 aromatic rings. The number of hydrogen-bond acceptors (Lipinski definition) is 5. The quantitative estimate of drug-likeness (QED) is 0.787. The molecule has 0 aliphatic heterocycles. The third-order valence-electron chi connectivity index (χ3n) is 3.02. The van der Waals surface area contributed by atoms with Crippen LogP contribution in [-0.2, 0) is 16.6 Å². The maximum absolute atomic E-state index is 11.8. The Morgan fingerprint density at radius 3 is 2.77 bits per heavy atom. The summed E-state index contributed by atoms with van der Waals surface area (Å²) in [7, 11) is 3.51. The van der Waals surface area contributed by atoms with Crippen LogP contribution < -0.4 is 5.32 Å². The molecule has 1 amide bonds. The van der Waals surface area contributed by atoms with Crippen molar-refractivity contribution in [1.82, 2.24) is 20.1 Å². The number of amides is 1. The summed E-state index contributed by atoms with van der Waals surface area (Å²) in [6.07, 6.45) is 0. The zero-order valence-electron chi connectivity index (χ0n) is 12.9. The van der Waals surface area contributed by atoms with Gasteiger partial charge in [0, 0.05) is 25.8 Å². The van der Waals surface area contributed by atoms with Crippen molar-refractivity contribution in [3.63, 3.8) is 0 Å². The summed E-state index contributed by atoms with van der Waals surface area (Å²) in [5, 5.41) is 11.9. The Hall–Kier alpha value is -1.86. The molecule has 1 N–H and O–H groups in total. The molecule has 0 saturated heterocycles. The molecule has 1 heterocycles. The zero-order chi connectivity index (χ0) is 15.9. The minimum absolute atomic E-state index is 0.00234. The van der Waals surface area contributed by atoms with Crippen molar-refractivity contribution in [2.45, 2.75) is 18.1 Å². The third kappa shape index (κ3) is 4.32. The van der Waals surface area contributed by atoms with Crippen molar-refractivity contribution in [3.05, 3.63) is 30.3 Å². The van der Waals surface area contributed by atoms with Gasteiger partial charge in [-0.25, -0.2) is 0 Å². The fourth-order valence-electron chi connectivity index (χ4n) is 2.02. The number of hydrogen-bond donors (Lipinski definition) is 1. The molecule has 1 aromatic heterocycles. The van der Waals surface area contributed by atoms with Crippen molar-refractivity contribution in [3.8, 4) is 11.4 Å². The summed E-state index contributed by atoms with van der Waals surface area (Å²) in [6.45, 7) is 2.40. The number of thioether (sulfide) groups is 1. The SMILES string of the molecule is COCC(C)NC(=O)CSc1nnc(-c2ccccc2)n1C. The second-order valence-electron chi connectivity index (χ2n) is 4.94. The van der Waals surface area contributed by atoms with Gasteiger partial charge in [0.25, 0.3) is 0 Å². The number of nitrogens with zero attached hydrogens (tertiary/aromatic N) is 3. The highest BCUT2D eigenvalue weighted by molar-refractivity contribution is 7.99. The molecule has 0 spiro atoms. The maximum Gasteiger partial charge on any atom is 0.230 e. The van der Waals surface area contributed by atoms with Crippen molar-refractivity contribution < 1.29 is 9.53 Å². The number of nitrogens with one attached hydrogen (secondary N) is 1. The number of carbonyl (C=O) groups is 1. The lowest BCUT2D eigenvalue weighted by Gasteiger charge is -2.12. The van der Waals surface area contributed by atoms with Crippen LogP contribution in [0.4, 0.5) is 0 Å². The Morgan fingerprint density at radius 2 is 2.09 bits per heavy atom. The first kappa shape index (κ1) is 16.5. The molecule has 1 aromatic carbocycles. The standard InChI is InChI=1S/C15H20N4O2S/c1-11(9-21-3)16-13(20)10-22-15-18-17-14(19(15)2)12-7-5-4-6-8-12/h4-8,11H,9-10H2,1-3H3,(H,16,20). The van der Waals surface area contributed by atoms with E-state index in [2.05, 4.69) is 15.5 Å². The monoisotopic (exact) mass is 320 g/mol. The van der Waals surface area contributed by atoms with Crippen molar-refractivity contribution >= 4 is 17.7 Å². The van der Waals surface area contributed by atoms with Crippen LogP contribution in [0.15, 0.2) is 35.5 Å². The Kier molecular flexibility index (Phi) is 5.97. The van der Waals surface area contributed by atoms with E-state index in [1.807, 2.05) is 48.9 Å². The van der Waals surface area contributed by atoms with E-state index in [-0.39, 0.29) is 11.9 Å². The van der Waals surface area contributed by atoms with Crippen molar-refractivity contribution in [2.75, 3.05) is 19.5 Å². The molecule has 0 aliphatic carbocycles. The van der Waals surface area contributed by atoms with Crippen LogP contribution in [0, 0.1) is 0 Å². The van der Waals surface area contributed by atoms with E-state index >= 15 is 0 Å². The van der Waals surface area contributed by atoms with Gasteiger partial charge in [0.1, 0.15) is 0 Å². The van der Waals surface area contributed by atoms with Crippen LogP contribution in [0.3, 0.4) is 0 Å². The van der Waals surface area contributed by atoms with Gasteiger partial charge in [-0.3, -0.25) is 4.79 Å². The molecular weight excluding hydrogens is 300 g/mol. The zero-order valence-corrected chi connectivity index (χ0v) is 13.8. The molecular formula is C15H20N4O2S. The van der Waals surface area contributed by atoms with E-state index in [0.29, 0.717) is 17.5 Å². The first-order valence-electron chi connectivity index (χ1n) is 6.97. The van der Waals surface area contributed by atoms with E-state index in [1.54, 1.807) is 7.11 Å². The van der Waals surface area contributed by atoms with E-state index in [0.717, 1.165) is 11.4 Å². The van der Waals surface area contributed by atoms with Crippen molar-refractivity contribution in [1.29, 1.82) is 0 Å². The number of carbonyl (C=O) groups excluding carboxylic acids is 1. The van der Waals surface area contributed by atoms with Gasteiger partial charge in [0.15, 0.2) is 11.0 Å². The van der Waals surface area contributed by atoms with Crippen LogP contribution in [0.1, 0.15) is 6.92 Å². The van der Waals surface area contributed by atoms with Crippen LogP contribution in [0.5, 0.6) is 0 Å². The second kappa shape index (κ2) is 7.95. The number of benzene rings is 1. The molecule has 0 radical (unpaired) electrons. The Labute approximate surface area is 134 Å². The average molecular weight is 320 g/mol. The van der Waals surface area contributed by atoms with Gasteiger partial charge < -0.3 is 14.6 Å². The molecule has 0 fully saturated rings. The molecule has 1 unspecified atom stereocenters. The number of methoxy groups -OCH3 is 1. The van der Waals surface area contributed by atoms with Gasteiger partial charge in [-0.2, -0.15) is 0 Å². The lowest BCUT2D eigenvalue weighted by atomic mass is 10.2. The molecule has 0 bridgehead atoms. The van der Waals surface area contributed by atoms with E-state index in [9.17, 15) is 4.79 Å². The van der Waals surface area contributed by atoms with Gasteiger partial charge in [-0.1, -0.05) is 42.1 Å². The maximum atomic E-state index is 11.8. The van der Waals surface area contributed by atoms with Gasteiger partial charge >= 0.3 is 0 Å². The molecule has 22 heavy (non-hydrogen) atoms. The normalized spacial score (nSPS) is 12.1. The highest BCUT2D eigenvalue weighted by Gasteiger charge is 2.13. The van der Waals surface area contributed by atoms with Gasteiger partial charge in [0.05, 0.1) is 12.4 Å². The summed E-state index contributed by atoms with van der Waals surface area (Å²) in [6, 6.07) is 9.84. The summed E-state index contributed by atoms with van der Waals surface area (Å²) >= 11 is 1.37. The molecule has 0 saturated carbocycles. The van der Waals surface area contributed by atoms with Crippen molar-refractivity contribution in [2.24, 2.45) is 7.05 Å². The number of ether oxygens (including phenoxy) is 1.